The van der Waals surface area contributed by atoms with E-state index in [4.69, 9.17) is 4.74 Å². The van der Waals surface area contributed by atoms with Gasteiger partial charge < -0.3 is 15.4 Å². The van der Waals surface area contributed by atoms with E-state index < -0.39 is 23.7 Å². The van der Waals surface area contributed by atoms with Crippen LogP contribution in [0, 0.1) is 31.1 Å². The number of hydrogen-bond donors (Lipinski definition) is 2. The summed E-state index contributed by atoms with van der Waals surface area (Å²) < 4.78 is 4.86. The largest absolute Gasteiger partial charge is 0.468 e. The normalized spacial score (nSPS) is 17.6. The van der Waals surface area contributed by atoms with E-state index in [1.807, 2.05) is 51.1 Å². The average Bonchev–Trinajstić information content (AvgIpc) is 2.83. The van der Waals surface area contributed by atoms with Crippen LogP contribution in [0.3, 0.4) is 0 Å². The maximum Gasteiger partial charge on any atom is 0.319 e. The third-order valence-electron chi connectivity index (χ3n) is 5.77. The van der Waals surface area contributed by atoms with E-state index in [2.05, 4.69) is 16.7 Å². The Labute approximate surface area is 203 Å². The highest BCUT2D eigenvalue weighted by molar-refractivity contribution is 8.03. The number of nitrogens with zero attached hydrogens (tertiary/aromatic N) is 1. The number of allylic oxidation sites excluding steroid dienone is 1. The number of carbonyl (C=O) groups excluding carboxylic acids is 3. The Morgan fingerprint density at radius 3 is 2.50 bits per heavy atom. The lowest BCUT2D eigenvalue weighted by molar-refractivity contribution is -0.150. The molecule has 176 valence electrons. The van der Waals surface area contributed by atoms with Crippen LogP contribution in [0.25, 0.3) is 0 Å². The molecule has 2 N–H and O–H groups in total. The van der Waals surface area contributed by atoms with Gasteiger partial charge in [-0.15, -0.1) is 0 Å². The van der Waals surface area contributed by atoms with Crippen molar-refractivity contribution in [3.63, 3.8) is 0 Å². The lowest BCUT2D eigenvalue weighted by atomic mass is 9.78. The number of aryl methyl sites for hydroxylation is 3. The molecule has 0 fully saturated rings. The van der Waals surface area contributed by atoms with Crippen LogP contribution >= 0.6 is 11.8 Å². The van der Waals surface area contributed by atoms with E-state index in [0.29, 0.717) is 5.56 Å². The van der Waals surface area contributed by atoms with Crippen LogP contribution in [0.2, 0.25) is 0 Å². The van der Waals surface area contributed by atoms with Crippen molar-refractivity contribution in [1.29, 1.82) is 5.26 Å². The predicted molar refractivity (Wildman–Crippen MR) is 132 cm³/mol. The number of methoxy groups -OCH3 is 1. The molecule has 3 rings (SSSR count). The zero-order valence-electron chi connectivity index (χ0n) is 19.6. The topological polar surface area (TPSA) is 108 Å². The molecule has 0 saturated heterocycles. The van der Waals surface area contributed by atoms with Crippen LogP contribution < -0.4 is 10.6 Å². The van der Waals surface area contributed by atoms with Crippen LogP contribution in [0.1, 0.15) is 35.1 Å². The molecule has 2 atom stereocenters. The molecule has 7 nitrogen and oxygen atoms in total. The number of nitriles is 1. The summed E-state index contributed by atoms with van der Waals surface area (Å²) in [5.41, 5.74) is 4.66. The van der Waals surface area contributed by atoms with Gasteiger partial charge in [-0.2, -0.15) is 5.26 Å². The third-order valence-corrected chi connectivity index (χ3v) is 6.79. The molecule has 0 spiro atoms. The van der Waals surface area contributed by atoms with Crippen LogP contribution in [-0.4, -0.2) is 30.6 Å². The Hall–Kier alpha value is -3.57. The molecule has 0 aromatic heterocycles. The molecule has 1 aliphatic rings. The number of anilines is 1. The number of amides is 2. The van der Waals surface area contributed by atoms with E-state index in [1.165, 1.54) is 7.11 Å². The van der Waals surface area contributed by atoms with Crippen LogP contribution in [0.5, 0.6) is 0 Å². The zero-order valence-corrected chi connectivity index (χ0v) is 20.4. The maximum atomic E-state index is 12.9. The fourth-order valence-corrected chi connectivity index (χ4v) is 4.82. The second kappa shape index (κ2) is 11.0. The minimum absolute atomic E-state index is 0.0121. The summed E-state index contributed by atoms with van der Waals surface area (Å²) in [4.78, 5) is 38.1. The molecule has 2 aromatic carbocycles. The van der Waals surface area contributed by atoms with Crippen LogP contribution in [0.4, 0.5) is 5.69 Å². The third kappa shape index (κ3) is 5.32. The lowest BCUT2D eigenvalue weighted by Gasteiger charge is -2.31. The van der Waals surface area contributed by atoms with Crippen molar-refractivity contribution in [3.05, 3.63) is 75.3 Å². The van der Waals surface area contributed by atoms with E-state index in [9.17, 15) is 19.6 Å². The summed E-state index contributed by atoms with van der Waals surface area (Å²) in [6, 6.07) is 15.3. The minimum atomic E-state index is -1.19. The van der Waals surface area contributed by atoms with Crippen molar-refractivity contribution in [2.75, 3.05) is 18.2 Å². The van der Waals surface area contributed by atoms with E-state index in [-0.39, 0.29) is 22.3 Å². The van der Waals surface area contributed by atoms with E-state index in [0.717, 1.165) is 40.6 Å². The Balaban J connectivity index is 1.90. The molecular formula is C26H27N3O4S. The van der Waals surface area contributed by atoms with Gasteiger partial charge in [0.25, 0.3) is 0 Å². The Kier molecular flexibility index (Phi) is 8.13. The van der Waals surface area contributed by atoms with Crippen LogP contribution in [-0.2, 0) is 25.5 Å². The smallest absolute Gasteiger partial charge is 0.319 e. The fourth-order valence-electron chi connectivity index (χ4n) is 3.97. The molecule has 1 heterocycles. The zero-order chi connectivity index (χ0) is 24.8. The van der Waals surface area contributed by atoms with Crippen molar-refractivity contribution in [3.8, 4) is 6.07 Å². The number of hydrogen-bond acceptors (Lipinski definition) is 6. The van der Waals surface area contributed by atoms with Gasteiger partial charge in [0, 0.05) is 11.6 Å². The highest BCUT2D eigenvalue weighted by Crippen LogP contribution is 2.40. The molecule has 0 aliphatic carbocycles. The minimum Gasteiger partial charge on any atom is -0.468 e. The molecule has 1 aliphatic heterocycles. The summed E-state index contributed by atoms with van der Waals surface area (Å²) in [6.07, 6.45) is 0.775. The Morgan fingerprint density at radius 2 is 1.88 bits per heavy atom. The first kappa shape index (κ1) is 25.1. The van der Waals surface area contributed by atoms with Gasteiger partial charge in [-0.1, -0.05) is 66.7 Å². The summed E-state index contributed by atoms with van der Waals surface area (Å²) in [5.74, 6) is -3.55. The van der Waals surface area contributed by atoms with Crippen LogP contribution in [0.15, 0.2) is 53.1 Å². The number of carbonyl (C=O) groups is 3. The fraction of sp³-hybridized carbons (Fsp3) is 0.308. The van der Waals surface area contributed by atoms with Gasteiger partial charge in [-0.25, -0.2) is 0 Å². The standard InChI is InChI=1S/C26H27N3O4S/c1-5-17-8-6-7-16(3)23(17)28-20(30)14-34-25-19(13-27)21(18-11-9-15(2)10-12-18)22(24(31)29-25)26(32)33-4/h6-12,21-22H,5,14H2,1-4H3,(H,28,30)(H,29,31)/t21-,22+/m0/s1. The molecule has 0 bridgehead atoms. The van der Waals surface area contributed by atoms with Gasteiger partial charge in [0.1, 0.15) is 5.92 Å². The van der Waals surface area contributed by atoms with Gasteiger partial charge in [0.15, 0.2) is 0 Å². The number of nitrogens with one attached hydrogen (secondary N) is 2. The summed E-state index contributed by atoms with van der Waals surface area (Å²) >= 11 is 1.06. The predicted octanol–water partition coefficient (Wildman–Crippen LogP) is 3.98. The molecule has 34 heavy (non-hydrogen) atoms. The molecular weight excluding hydrogens is 450 g/mol. The van der Waals surface area contributed by atoms with E-state index >= 15 is 0 Å². The number of para-hydroxylation sites is 1. The molecule has 0 saturated carbocycles. The average molecular weight is 478 g/mol. The number of esters is 1. The quantitative estimate of drug-likeness (QED) is 0.461. The number of thioether (sulfide) groups is 1. The molecule has 2 aromatic rings. The molecule has 0 radical (unpaired) electrons. The second-order valence-electron chi connectivity index (χ2n) is 8.03. The van der Waals surface area contributed by atoms with Crippen molar-refractivity contribution >= 4 is 35.2 Å². The summed E-state index contributed by atoms with van der Waals surface area (Å²) in [5, 5.41) is 15.9. The van der Waals surface area contributed by atoms with Gasteiger partial charge in [-0.3, -0.25) is 14.4 Å². The van der Waals surface area contributed by atoms with Crippen molar-refractivity contribution in [1.82, 2.24) is 5.32 Å². The van der Waals surface area contributed by atoms with E-state index in [1.54, 1.807) is 12.1 Å². The first-order valence-electron chi connectivity index (χ1n) is 10.9. The number of rotatable bonds is 7. The molecule has 8 heteroatoms. The van der Waals surface area contributed by atoms with Crippen molar-refractivity contribution in [2.45, 2.75) is 33.1 Å². The first-order valence-corrected chi connectivity index (χ1v) is 11.9. The highest BCUT2D eigenvalue weighted by atomic mass is 32.2. The monoisotopic (exact) mass is 477 g/mol. The summed E-state index contributed by atoms with van der Waals surface area (Å²) in [7, 11) is 1.21. The molecule has 0 unspecified atom stereocenters. The lowest BCUT2D eigenvalue weighted by Crippen LogP contribution is -2.44. The Morgan fingerprint density at radius 1 is 1.18 bits per heavy atom. The number of ether oxygens (including phenoxy) is 1. The van der Waals surface area contributed by atoms with Crippen molar-refractivity contribution in [2.24, 2.45) is 5.92 Å². The SMILES string of the molecule is CCc1cccc(C)c1NC(=O)CSC1=C(C#N)[C@H](c2ccc(C)cc2)[C@@H](C(=O)OC)C(=O)N1. The van der Waals surface area contributed by atoms with Crippen molar-refractivity contribution < 1.29 is 19.1 Å². The highest BCUT2D eigenvalue weighted by Gasteiger charge is 2.44. The second-order valence-corrected chi connectivity index (χ2v) is 9.02. The number of benzene rings is 2. The van der Waals surface area contributed by atoms with Gasteiger partial charge in [-0.05, 0) is 37.0 Å². The van der Waals surface area contributed by atoms with Gasteiger partial charge in [0.2, 0.25) is 11.8 Å². The molecule has 2 amide bonds. The van der Waals surface area contributed by atoms with Gasteiger partial charge >= 0.3 is 5.97 Å². The van der Waals surface area contributed by atoms with Gasteiger partial charge in [0.05, 0.1) is 29.5 Å². The Bertz CT molecular complexity index is 1180. The summed E-state index contributed by atoms with van der Waals surface area (Å²) in [6.45, 7) is 5.87. The first-order chi connectivity index (χ1) is 16.3. The maximum absolute atomic E-state index is 12.9.